The second kappa shape index (κ2) is 7.04. The predicted octanol–water partition coefficient (Wildman–Crippen LogP) is 3.07. The van der Waals surface area contributed by atoms with Crippen molar-refractivity contribution in [3.05, 3.63) is 83.9 Å². The maximum Gasteiger partial charge on any atom is 0.331 e. The number of hydrogen-bond acceptors (Lipinski definition) is 3. The molecule has 3 nitrogen and oxygen atoms in total. The Bertz CT molecular complexity index is 549. The molecule has 2 aromatic carbocycles. The van der Waals surface area contributed by atoms with Crippen LogP contribution < -0.4 is 0 Å². The summed E-state index contributed by atoms with van der Waals surface area (Å²) >= 11 is 0. The summed E-state index contributed by atoms with van der Waals surface area (Å²) in [7, 11) is 0. The summed E-state index contributed by atoms with van der Waals surface area (Å²) in [5.74, 6) is -0.546. The van der Waals surface area contributed by atoms with Crippen molar-refractivity contribution in [3.63, 3.8) is 0 Å². The van der Waals surface area contributed by atoms with Gasteiger partial charge in [0, 0.05) is 6.08 Å². The van der Waals surface area contributed by atoms with Crippen LogP contribution in [0.1, 0.15) is 17.2 Å². The molecule has 3 heteroatoms. The summed E-state index contributed by atoms with van der Waals surface area (Å²) in [6.07, 6.45) is 2.30. The summed E-state index contributed by atoms with van der Waals surface area (Å²) in [5, 5.41) is 0. The van der Waals surface area contributed by atoms with Crippen molar-refractivity contribution < 1.29 is 14.3 Å². The van der Waals surface area contributed by atoms with Gasteiger partial charge in [-0.3, -0.25) is 4.79 Å². The number of allylic oxidation sites excluding steroid dienone is 1. The molecule has 20 heavy (non-hydrogen) atoms. The standard InChI is InChI=1S/C17H14O3/c18-13-7-12-16(19)20-17(14-8-3-1-4-9-14)15-10-5-2-6-11-15/h1-13,17H/b12-7+. The van der Waals surface area contributed by atoms with Gasteiger partial charge in [0.05, 0.1) is 0 Å². The summed E-state index contributed by atoms with van der Waals surface area (Å²) < 4.78 is 5.44. The normalized spacial score (nSPS) is 10.7. The molecule has 0 fully saturated rings. The second-order valence-corrected chi connectivity index (χ2v) is 4.13. The fraction of sp³-hybridized carbons (Fsp3) is 0.0588. The van der Waals surface area contributed by atoms with Crippen molar-refractivity contribution in [2.75, 3.05) is 0 Å². The average Bonchev–Trinajstić information content (AvgIpc) is 2.52. The lowest BCUT2D eigenvalue weighted by atomic mass is 10.0. The van der Waals surface area contributed by atoms with Crippen LogP contribution in [0.3, 0.4) is 0 Å². The lowest BCUT2D eigenvalue weighted by Gasteiger charge is -2.17. The molecule has 0 amide bonds. The molecular formula is C17H14O3. The molecule has 0 N–H and O–H groups in total. The number of carbonyl (C=O) groups excluding carboxylic acids is 2. The van der Waals surface area contributed by atoms with Crippen LogP contribution in [-0.2, 0) is 14.3 Å². The Balaban J connectivity index is 2.28. The van der Waals surface area contributed by atoms with Crippen LogP contribution in [0, 0.1) is 0 Å². The fourth-order valence-electron chi connectivity index (χ4n) is 1.86. The Morgan fingerprint density at radius 3 is 1.85 bits per heavy atom. The van der Waals surface area contributed by atoms with Crippen LogP contribution in [0.2, 0.25) is 0 Å². The zero-order valence-corrected chi connectivity index (χ0v) is 10.8. The molecule has 0 saturated heterocycles. The van der Waals surface area contributed by atoms with E-state index < -0.39 is 12.1 Å². The second-order valence-electron chi connectivity index (χ2n) is 4.13. The summed E-state index contributed by atoms with van der Waals surface area (Å²) in [5.41, 5.74) is 1.76. The van der Waals surface area contributed by atoms with Crippen LogP contribution in [0.25, 0.3) is 0 Å². The third-order valence-corrected chi connectivity index (χ3v) is 2.75. The first-order chi connectivity index (χ1) is 9.81. The number of benzene rings is 2. The number of carbonyl (C=O) groups is 2. The summed E-state index contributed by atoms with van der Waals surface area (Å²) in [6.45, 7) is 0. The van der Waals surface area contributed by atoms with Crippen LogP contribution in [0.15, 0.2) is 72.8 Å². The smallest absolute Gasteiger partial charge is 0.331 e. The van der Waals surface area contributed by atoms with Gasteiger partial charge in [0.2, 0.25) is 0 Å². The van der Waals surface area contributed by atoms with Gasteiger partial charge in [-0.25, -0.2) is 4.79 Å². The summed E-state index contributed by atoms with van der Waals surface area (Å²) in [4.78, 5) is 21.9. The average molecular weight is 266 g/mol. The number of ether oxygens (including phenoxy) is 1. The van der Waals surface area contributed by atoms with Crippen molar-refractivity contribution in [2.45, 2.75) is 6.10 Å². The zero-order chi connectivity index (χ0) is 14.2. The van der Waals surface area contributed by atoms with E-state index in [-0.39, 0.29) is 0 Å². The van der Waals surface area contributed by atoms with Gasteiger partial charge in [-0.1, -0.05) is 60.7 Å². The van der Waals surface area contributed by atoms with Gasteiger partial charge in [-0.2, -0.15) is 0 Å². The summed E-state index contributed by atoms with van der Waals surface area (Å²) in [6, 6.07) is 19.0. The van der Waals surface area contributed by atoms with Gasteiger partial charge in [0.25, 0.3) is 0 Å². The maximum absolute atomic E-state index is 11.7. The van der Waals surface area contributed by atoms with E-state index in [0.717, 1.165) is 23.3 Å². The van der Waals surface area contributed by atoms with E-state index in [0.29, 0.717) is 6.29 Å². The van der Waals surface area contributed by atoms with Crippen molar-refractivity contribution in [1.82, 2.24) is 0 Å². The first-order valence-corrected chi connectivity index (χ1v) is 6.23. The van der Waals surface area contributed by atoms with Crippen LogP contribution in [0.4, 0.5) is 0 Å². The molecule has 0 aliphatic rings. The molecule has 0 saturated carbocycles. The minimum absolute atomic E-state index is 0.485. The van der Waals surface area contributed by atoms with E-state index in [1.807, 2.05) is 60.7 Å². The van der Waals surface area contributed by atoms with Gasteiger partial charge in [0.15, 0.2) is 6.10 Å². The Labute approximate surface area is 117 Å². The Morgan fingerprint density at radius 2 is 1.40 bits per heavy atom. The lowest BCUT2D eigenvalue weighted by molar-refractivity contribution is -0.141. The van der Waals surface area contributed by atoms with E-state index >= 15 is 0 Å². The number of aldehydes is 1. The van der Waals surface area contributed by atoms with E-state index in [1.165, 1.54) is 0 Å². The largest absolute Gasteiger partial charge is 0.449 e. The highest BCUT2D eigenvalue weighted by Crippen LogP contribution is 2.25. The number of hydrogen-bond donors (Lipinski definition) is 0. The quantitative estimate of drug-likeness (QED) is 0.474. The van der Waals surface area contributed by atoms with Crippen molar-refractivity contribution >= 4 is 12.3 Å². The predicted molar refractivity (Wildman–Crippen MR) is 76.0 cm³/mol. The molecule has 0 aliphatic carbocycles. The SMILES string of the molecule is O=C/C=C/C(=O)OC(c1ccccc1)c1ccccc1. The van der Waals surface area contributed by atoms with Gasteiger partial charge in [-0.15, -0.1) is 0 Å². The number of esters is 1. The molecule has 0 radical (unpaired) electrons. The maximum atomic E-state index is 11.7. The molecule has 0 heterocycles. The van der Waals surface area contributed by atoms with Crippen molar-refractivity contribution in [2.24, 2.45) is 0 Å². The molecule has 0 unspecified atom stereocenters. The Kier molecular flexibility index (Phi) is 4.84. The molecule has 100 valence electrons. The van der Waals surface area contributed by atoms with E-state index in [2.05, 4.69) is 0 Å². The highest BCUT2D eigenvalue weighted by atomic mass is 16.5. The van der Waals surface area contributed by atoms with E-state index in [9.17, 15) is 9.59 Å². The van der Waals surface area contributed by atoms with Crippen molar-refractivity contribution in [3.8, 4) is 0 Å². The first-order valence-electron chi connectivity index (χ1n) is 6.23. The minimum atomic E-state index is -0.546. The molecule has 0 aromatic heterocycles. The van der Waals surface area contributed by atoms with E-state index in [1.54, 1.807) is 0 Å². The molecule has 0 spiro atoms. The fourth-order valence-corrected chi connectivity index (χ4v) is 1.86. The van der Waals surface area contributed by atoms with Gasteiger partial charge in [0.1, 0.15) is 6.29 Å². The van der Waals surface area contributed by atoms with Crippen LogP contribution in [-0.4, -0.2) is 12.3 Å². The Morgan fingerprint density at radius 1 is 0.900 bits per heavy atom. The first kappa shape index (κ1) is 13.7. The third kappa shape index (κ3) is 3.65. The van der Waals surface area contributed by atoms with Crippen molar-refractivity contribution in [1.29, 1.82) is 0 Å². The van der Waals surface area contributed by atoms with Gasteiger partial charge >= 0.3 is 5.97 Å². The monoisotopic (exact) mass is 266 g/mol. The third-order valence-electron chi connectivity index (χ3n) is 2.75. The van der Waals surface area contributed by atoms with Gasteiger partial charge < -0.3 is 4.74 Å². The zero-order valence-electron chi connectivity index (χ0n) is 10.8. The molecule has 0 bridgehead atoms. The molecule has 0 atom stereocenters. The van der Waals surface area contributed by atoms with Crippen LogP contribution >= 0.6 is 0 Å². The molecule has 2 rings (SSSR count). The minimum Gasteiger partial charge on any atom is -0.449 e. The van der Waals surface area contributed by atoms with Gasteiger partial charge in [-0.05, 0) is 17.2 Å². The van der Waals surface area contributed by atoms with Crippen LogP contribution in [0.5, 0.6) is 0 Å². The highest BCUT2D eigenvalue weighted by Gasteiger charge is 2.17. The molecule has 0 aliphatic heterocycles. The molecule has 2 aromatic rings. The highest BCUT2D eigenvalue weighted by molar-refractivity contribution is 5.86. The van der Waals surface area contributed by atoms with E-state index in [4.69, 9.17) is 4.74 Å². The molecular weight excluding hydrogens is 252 g/mol. The lowest BCUT2D eigenvalue weighted by Crippen LogP contribution is -2.10. The number of rotatable bonds is 5. The topological polar surface area (TPSA) is 43.4 Å². The Hall–Kier alpha value is -2.68.